The van der Waals surface area contributed by atoms with Crippen molar-refractivity contribution in [1.29, 1.82) is 0 Å². The summed E-state index contributed by atoms with van der Waals surface area (Å²) in [4.78, 5) is 25.6. The van der Waals surface area contributed by atoms with Gasteiger partial charge in [-0.25, -0.2) is 36.4 Å². The van der Waals surface area contributed by atoms with E-state index in [-0.39, 0.29) is 69.3 Å². The molecule has 2 saturated heterocycles. The van der Waals surface area contributed by atoms with Gasteiger partial charge in [-0.15, -0.1) is 5.54 Å². The highest BCUT2D eigenvalue weighted by Gasteiger charge is 2.52. The van der Waals surface area contributed by atoms with Crippen LogP contribution in [0.4, 0.5) is 23.8 Å². The molecule has 14 heteroatoms. The minimum Gasteiger partial charge on any atom is -0.487 e. The average Bonchev–Trinajstić information content (AvgIpc) is 3.32. The van der Waals surface area contributed by atoms with E-state index in [9.17, 15) is 13.2 Å². The fourth-order valence-electron chi connectivity index (χ4n) is 9.52. The molecule has 2 fully saturated rings. The summed E-state index contributed by atoms with van der Waals surface area (Å²) < 4.78 is 89.2. The van der Waals surface area contributed by atoms with Crippen LogP contribution in [0.5, 0.6) is 5.75 Å². The predicted octanol–water partition coefficient (Wildman–Crippen LogP) is 9.19. The molecule has 9 nitrogen and oxygen atoms in total. The fourth-order valence-corrected chi connectivity index (χ4v) is 15.2. The summed E-state index contributed by atoms with van der Waals surface area (Å²) in [5.74, 6) is 0.0187. The molecule has 4 heterocycles. The maximum Gasteiger partial charge on any atom is 0.410 e. The Hall–Kier alpha value is -4.35. The van der Waals surface area contributed by atoms with Crippen molar-refractivity contribution < 1.29 is 35.9 Å². The first kappa shape index (κ1) is 39.9. The zero-order chi connectivity index (χ0) is 40.8. The quantitative estimate of drug-likeness (QED) is 0.112. The number of hydrogen-bond acceptors (Lipinski definition) is 8. The third-order valence-electron chi connectivity index (χ3n) is 11.9. The van der Waals surface area contributed by atoms with E-state index in [4.69, 9.17) is 9.47 Å². The number of anilines is 1. The normalized spacial score (nSPS) is 19.7. The van der Waals surface area contributed by atoms with E-state index in [0.29, 0.717) is 18.2 Å². The lowest BCUT2D eigenvalue weighted by atomic mass is 9.92. The first-order valence-electron chi connectivity index (χ1n) is 19.3. The number of fused-ring (bicyclic) bond motifs is 6. The Balaban J connectivity index is 1.48. The molecule has 3 aromatic carbocycles. The van der Waals surface area contributed by atoms with E-state index < -0.39 is 75.4 Å². The first-order valence-corrected chi connectivity index (χ1v) is 23.4. The Morgan fingerprint density at radius 3 is 2.25 bits per heavy atom. The maximum absolute atomic E-state index is 17.4. The summed E-state index contributed by atoms with van der Waals surface area (Å²) in [6, 6.07) is 6.33. The van der Waals surface area contributed by atoms with Crippen LogP contribution in [-0.2, 0) is 14.6 Å². The number of halogens is 3. The van der Waals surface area contributed by atoms with Gasteiger partial charge in [0.15, 0.2) is 17.4 Å². The van der Waals surface area contributed by atoms with Crippen molar-refractivity contribution >= 4 is 51.5 Å². The molecule has 3 atom stereocenters. The van der Waals surface area contributed by atoms with Gasteiger partial charge in [-0.05, 0) is 67.3 Å². The lowest BCUT2D eigenvalue weighted by Gasteiger charge is -2.46. The molecule has 2 bridgehead atoms. The summed E-state index contributed by atoms with van der Waals surface area (Å²) in [6.07, 6.45) is 1.65. The van der Waals surface area contributed by atoms with Crippen LogP contribution in [0.25, 0.3) is 32.8 Å². The third kappa shape index (κ3) is 6.39. The Morgan fingerprint density at radius 1 is 0.946 bits per heavy atom. The molecule has 3 aliphatic heterocycles. The second kappa shape index (κ2) is 13.9. The van der Waals surface area contributed by atoms with E-state index in [1.54, 1.807) is 48.8 Å². The number of ether oxygens (including phenoxy) is 2. The highest BCUT2D eigenvalue weighted by atomic mass is 32.2. The molecule has 0 saturated carbocycles. The van der Waals surface area contributed by atoms with Gasteiger partial charge >= 0.3 is 6.09 Å². The molecule has 3 aliphatic rings. The van der Waals surface area contributed by atoms with Gasteiger partial charge in [0, 0.05) is 18.2 Å². The molecular weight excluding hydrogens is 758 g/mol. The van der Waals surface area contributed by atoms with Crippen molar-refractivity contribution in [1.82, 2.24) is 14.9 Å². The number of piperazine rings is 1. The summed E-state index contributed by atoms with van der Waals surface area (Å²) >= 11 is 0. The van der Waals surface area contributed by atoms with Gasteiger partial charge in [0.1, 0.15) is 37.4 Å². The van der Waals surface area contributed by atoms with Gasteiger partial charge < -0.3 is 14.4 Å². The van der Waals surface area contributed by atoms with Gasteiger partial charge in [0.2, 0.25) is 15.0 Å². The number of aromatic nitrogens is 2. The fraction of sp³-hybridized carbons (Fsp3) is 0.500. The largest absolute Gasteiger partial charge is 0.487 e. The summed E-state index contributed by atoms with van der Waals surface area (Å²) in [5.41, 5.74) is 2.62. The molecule has 3 unspecified atom stereocenters. The molecule has 1 aromatic heterocycles. The number of carbonyl (C=O) groups is 1. The van der Waals surface area contributed by atoms with E-state index in [1.165, 1.54) is 12.1 Å². The first-order chi connectivity index (χ1) is 26.2. The van der Waals surface area contributed by atoms with Gasteiger partial charge in [-0.3, -0.25) is 4.90 Å². The number of nitrogens with zero attached hydrogens (tertiary/aromatic N) is 4. The molecule has 4 aromatic rings. The summed E-state index contributed by atoms with van der Waals surface area (Å²) in [5, 5.41) is -0.0208. The number of rotatable bonds is 5. The van der Waals surface area contributed by atoms with Crippen LogP contribution in [0.1, 0.15) is 80.7 Å². The SMILES string of the molecule is CC(C)[Si](C#Cc1c(F)ccc2cccc(-c3c(F)c4c5c(nc(S(C)(=O)=O)nc5c3F)N3CC5CCC(C3CO4)N5C(=O)OC(C)(C)C)c12)(C(C)C)C(C)C. The van der Waals surface area contributed by atoms with E-state index in [2.05, 4.69) is 63.0 Å². The maximum atomic E-state index is 17.4. The van der Waals surface area contributed by atoms with Crippen molar-refractivity contribution in [3.05, 3.63) is 53.3 Å². The summed E-state index contributed by atoms with van der Waals surface area (Å²) in [7, 11) is -6.48. The number of sulfone groups is 1. The number of carbonyl (C=O) groups excluding carboxylic acids is 1. The number of amides is 1. The van der Waals surface area contributed by atoms with Crippen LogP contribution in [0.3, 0.4) is 0 Å². The summed E-state index contributed by atoms with van der Waals surface area (Å²) in [6.45, 7) is 18.3. The minimum absolute atomic E-state index is 0.00545. The lowest BCUT2D eigenvalue weighted by molar-refractivity contribution is 0.00538. The smallest absolute Gasteiger partial charge is 0.410 e. The monoisotopic (exact) mass is 806 g/mol. The van der Waals surface area contributed by atoms with Crippen molar-refractivity contribution in [2.45, 2.75) is 121 Å². The van der Waals surface area contributed by atoms with Crippen LogP contribution >= 0.6 is 0 Å². The van der Waals surface area contributed by atoms with E-state index >= 15 is 13.2 Å². The molecule has 0 spiro atoms. The Morgan fingerprint density at radius 2 is 1.62 bits per heavy atom. The zero-order valence-corrected chi connectivity index (χ0v) is 35.4. The van der Waals surface area contributed by atoms with Crippen LogP contribution in [0, 0.1) is 28.9 Å². The Kier molecular flexibility index (Phi) is 9.92. The van der Waals surface area contributed by atoms with Gasteiger partial charge in [-0.1, -0.05) is 71.7 Å². The third-order valence-corrected chi connectivity index (χ3v) is 19.0. The molecule has 56 heavy (non-hydrogen) atoms. The van der Waals surface area contributed by atoms with Gasteiger partial charge in [0.25, 0.3) is 0 Å². The van der Waals surface area contributed by atoms with Crippen LogP contribution in [0.15, 0.2) is 35.5 Å². The van der Waals surface area contributed by atoms with Gasteiger partial charge in [0.05, 0.1) is 34.6 Å². The standard InChI is InChI=1S/C42H49F3N4O5SSi/c1-22(2)56(23(3)4,24(5)6)19-18-27-29(43)16-14-25-12-11-13-28(32(25)27)33-35(44)37-34-38(36(33)45)53-21-31-30-17-15-26(49(30)41(50)54-42(7,8)9)20-48(31)39(34)47-40(46-37)55(10,51)52/h11-14,16,22-24,26,30-31H,15,17,20-21H2,1-10H3. The second-order valence-corrected chi connectivity index (χ2v) is 24.8. The minimum atomic E-state index is -4.11. The Bertz CT molecular complexity index is 2440. The average molecular weight is 807 g/mol. The van der Waals surface area contributed by atoms with Crippen LogP contribution < -0.4 is 9.64 Å². The molecule has 7 rings (SSSR count). The molecule has 0 N–H and O–H groups in total. The van der Waals surface area contributed by atoms with Gasteiger partial charge in [-0.2, -0.15) is 0 Å². The lowest BCUT2D eigenvalue weighted by Crippen LogP contribution is -2.63. The van der Waals surface area contributed by atoms with E-state index in [0.717, 1.165) is 6.26 Å². The molecular formula is C42H49F3N4O5SSi. The second-order valence-electron chi connectivity index (χ2n) is 17.3. The highest BCUT2D eigenvalue weighted by Crippen LogP contribution is 2.49. The molecule has 298 valence electrons. The highest BCUT2D eigenvalue weighted by molar-refractivity contribution is 7.90. The molecule has 0 aliphatic carbocycles. The molecule has 1 amide bonds. The van der Waals surface area contributed by atoms with Crippen LogP contribution in [-0.4, -0.2) is 80.6 Å². The van der Waals surface area contributed by atoms with Crippen molar-refractivity contribution in [3.8, 4) is 28.3 Å². The van der Waals surface area contributed by atoms with Crippen molar-refractivity contribution in [3.63, 3.8) is 0 Å². The van der Waals surface area contributed by atoms with Crippen molar-refractivity contribution in [2.75, 3.05) is 24.3 Å². The zero-order valence-electron chi connectivity index (χ0n) is 33.6. The van der Waals surface area contributed by atoms with E-state index in [1.807, 2.05) is 0 Å². The molecule has 0 radical (unpaired) electrons. The number of hydrogen-bond donors (Lipinski definition) is 0. The van der Waals surface area contributed by atoms with Crippen LogP contribution in [0.2, 0.25) is 16.6 Å². The van der Waals surface area contributed by atoms with Crippen molar-refractivity contribution in [2.24, 2.45) is 0 Å². The topological polar surface area (TPSA) is 102 Å². The predicted molar refractivity (Wildman–Crippen MR) is 215 cm³/mol. The number of benzene rings is 3. The Labute approximate surface area is 327 Å².